The molecule has 290 valence electrons. The zero-order chi connectivity index (χ0) is 40.7. The summed E-state index contributed by atoms with van der Waals surface area (Å²) in [6.07, 6.45) is 0. The van der Waals surface area contributed by atoms with Crippen molar-refractivity contribution >= 4 is 93.4 Å². The summed E-state index contributed by atoms with van der Waals surface area (Å²) in [7, 11) is 0. The Kier molecular flexibility index (Phi) is 7.57. The van der Waals surface area contributed by atoms with Crippen LogP contribution in [0.3, 0.4) is 0 Å². The maximum absolute atomic E-state index is 6.32. The van der Waals surface area contributed by atoms with Crippen LogP contribution in [0, 0.1) is 0 Å². The Labute approximate surface area is 357 Å². The molecule has 0 unspecified atom stereocenters. The van der Waals surface area contributed by atoms with Gasteiger partial charge in [0.25, 0.3) is 0 Å². The minimum absolute atomic E-state index is 0.875. The lowest BCUT2D eigenvalue weighted by atomic mass is 10.0. The number of aromatic nitrogens is 2. The third kappa shape index (κ3) is 5.20. The van der Waals surface area contributed by atoms with E-state index in [0.717, 1.165) is 61.3 Å². The number of para-hydroxylation sites is 5. The van der Waals surface area contributed by atoms with Crippen LogP contribution in [0.25, 0.3) is 98.8 Å². The average molecular weight is 792 g/mol. The lowest BCUT2D eigenvalue weighted by Crippen LogP contribution is -2.11. The molecule has 0 atom stereocenters. The molecular weight excluding hydrogens is 755 g/mol. The Morgan fingerprint density at radius 3 is 1.55 bits per heavy atom. The van der Waals surface area contributed by atoms with E-state index in [-0.39, 0.29) is 0 Å². The number of benzene rings is 10. The maximum atomic E-state index is 6.32. The molecule has 0 radical (unpaired) electrons. The number of nitrogens with zero attached hydrogens (tertiary/aromatic N) is 3. The van der Waals surface area contributed by atoms with Gasteiger partial charge in [-0.2, -0.15) is 0 Å². The summed E-state index contributed by atoms with van der Waals surface area (Å²) < 4.78 is 11.1. The van der Waals surface area contributed by atoms with Crippen molar-refractivity contribution < 1.29 is 4.42 Å². The Balaban J connectivity index is 0.998. The minimum atomic E-state index is 0.875. The quantitative estimate of drug-likeness (QED) is 0.168. The molecule has 0 bridgehead atoms. The van der Waals surface area contributed by atoms with Gasteiger partial charge in [0.2, 0.25) is 0 Å². The van der Waals surface area contributed by atoms with Crippen molar-refractivity contribution in [3.05, 3.63) is 224 Å². The van der Waals surface area contributed by atoms with Crippen molar-refractivity contribution in [3.8, 4) is 22.5 Å². The molecule has 4 nitrogen and oxygen atoms in total. The lowest BCUT2D eigenvalue weighted by molar-refractivity contribution is 0.669. The first-order valence-corrected chi connectivity index (χ1v) is 21.2. The zero-order valence-electron chi connectivity index (χ0n) is 33.6. The van der Waals surface area contributed by atoms with E-state index in [0.29, 0.717) is 0 Å². The largest absolute Gasteiger partial charge is 0.456 e. The molecule has 0 fully saturated rings. The SMILES string of the molecule is c1ccc(-n2c3ccccc3c3ccc(-c4ccc(N(c5ccc6oc7ccccc7c6c5)c5ccc(-n6c7ccccc7c7ccccc76)c6ccccc56)cc4)cc32)cc1. The lowest BCUT2D eigenvalue weighted by Gasteiger charge is -2.28. The fourth-order valence-electron chi connectivity index (χ4n) is 9.93. The third-order valence-electron chi connectivity index (χ3n) is 12.7. The number of fused-ring (bicyclic) bond motifs is 10. The second kappa shape index (κ2) is 13.6. The molecule has 13 aromatic rings. The van der Waals surface area contributed by atoms with Crippen LogP contribution in [-0.2, 0) is 0 Å². The van der Waals surface area contributed by atoms with E-state index in [1.807, 2.05) is 12.1 Å². The van der Waals surface area contributed by atoms with Crippen LogP contribution in [0.4, 0.5) is 17.1 Å². The number of furan rings is 1. The summed E-state index contributed by atoms with van der Waals surface area (Å²) in [5.41, 5.74) is 14.4. The molecule has 0 amide bonds. The summed E-state index contributed by atoms with van der Waals surface area (Å²) in [4.78, 5) is 2.40. The molecule has 62 heavy (non-hydrogen) atoms. The highest BCUT2D eigenvalue weighted by atomic mass is 16.3. The first-order valence-electron chi connectivity index (χ1n) is 21.2. The van der Waals surface area contributed by atoms with Gasteiger partial charge in [-0.25, -0.2) is 0 Å². The van der Waals surface area contributed by atoms with Crippen LogP contribution < -0.4 is 4.90 Å². The van der Waals surface area contributed by atoms with Crippen LogP contribution in [0.2, 0.25) is 0 Å². The monoisotopic (exact) mass is 791 g/mol. The second-order valence-corrected chi connectivity index (χ2v) is 16.1. The fourth-order valence-corrected chi connectivity index (χ4v) is 9.93. The maximum Gasteiger partial charge on any atom is 0.135 e. The van der Waals surface area contributed by atoms with Crippen molar-refractivity contribution in [1.82, 2.24) is 9.13 Å². The van der Waals surface area contributed by atoms with E-state index in [1.54, 1.807) is 0 Å². The van der Waals surface area contributed by atoms with Gasteiger partial charge in [-0.15, -0.1) is 0 Å². The van der Waals surface area contributed by atoms with Gasteiger partial charge < -0.3 is 18.5 Å². The molecule has 0 aliphatic rings. The van der Waals surface area contributed by atoms with Crippen LogP contribution in [0.1, 0.15) is 0 Å². The Morgan fingerprint density at radius 2 is 0.839 bits per heavy atom. The number of rotatable bonds is 6. The zero-order valence-corrected chi connectivity index (χ0v) is 33.6. The molecule has 4 heteroatoms. The number of anilines is 3. The highest BCUT2D eigenvalue weighted by Crippen LogP contribution is 2.45. The summed E-state index contributed by atoms with van der Waals surface area (Å²) in [6, 6.07) is 81.0. The van der Waals surface area contributed by atoms with Crippen molar-refractivity contribution in [3.63, 3.8) is 0 Å². The van der Waals surface area contributed by atoms with Crippen LogP contribution in [0.5, 0.6) is 0 Å². The van der Waals surface area contributed by atoms with Crippen molar-refractivity contribution in [2.24, 2.45) is 0 Å². The topological polar surface area (TPSA) is 26.2 Å². The first kappa shape index (κ1) is 34.5. The molecule has 13 rings (SSSR count). The molecular formula is C58H37N3O. The fraction of sp³-hybridized carbons (Fsp3) is 0. The van der Waals surface area contributed by atoms with Gasteiger partial charge in [0.1, 0.15) is 11.2 Å². The Hall–Kier alpha value is -8.34. The first-order chi connectivity index (χ1) is 30.8. The molecule has 3 aromatic heterocycles. The highest BCUT2D eigenvalue weighted by Gasteiger charge is 2.21. The van der Waals surface area contributed by atoms with Crippen molar-refractivity contribution in [2.75, 3.05) is 4.90 Å². The van der Waals surface area contributed by atoms with Crippen LogP contribution in [-0.4, -0.2) is 9.13 Å². The standard InChI is InChI=1S/C58H37N3O/c1-2-14-40(15-3-1)60-51-22-10-6-20-47(51)48-32-28-39(36-56(48)60)38-26-29-41(30-27-38)59(42-31-35-58-50(37-42)49-21-9-13-25-57(49)62-58)54-33-34-55(46-17-5-4-16-45(46)54)61-52-23-11-7-18-43(52)44-19-8-12-24-53(44)61/h1-37H. The molecule has 0 spiro atoms. The van der Waals surface area contributed by atoms with E-state index in [2.05, 4.69) is 226 Å². The van der Waals surface area contributed by atoms with E-state index < -0.39 is 0 Å². The van der Waals surface area contributed by atoms with E-state index in [1.165, 1.54) is 54.6 Å². The average Bonchev–Trinajstić information content (AvgIpc) is 4.00. The summed E-state index contributed by atoms with van der Waals surface area (Å²) in [6.45, 7) is 0. The van der Waals surface area contributed by atoms with Gasteiger partial charge in [-0.1, -0.05) is 140 Å². The van der Waals surface area contributed by atoms with Gasteiger partial charge >= 0.3 is 0 Å². The molecule has 0 saturated carbocycles. The third-order valence-corrected chi connectivity index (χ3v) is 12.7. The van der Waals surface area contributed by atoms with Crippen molar-refractivity contribution in [2.45, 2.75) is 0 Å². The minimum Gasteiger partial charge on any atom is -0.456 e. The van der Waals surface area contributed by atoms with Crippen molar-refractivity contribution in [1.29, 1.82) is 0 Å². The van der Waals surface area contributed by atoms with Gasteiger partial charge in [0, 0.05) is 60.2 Å². The van der Waals surface area contributed by atoms with E-state index in [9.17, 15) is 0 Å². The van der Waals surface area contributed by atoms with E-state index >= 15 is 0 Å². The van der Waals surface area contributed by atoms with Gasteiger partial charge in [0.05, 0.1) is 33.4 Å². The molecule has 3 heterocycles. The van der Waals surface area contributed by atoms with Gasteiger partial charge in [0.15, 0.2) is 0 Å². The smallest absolute Gasteiger partial charge is 0.135 e. The summed E-state index contributed by atoms with van der Waals surface area (Å²) in [5.74, 6) is 0. The van der Waals surface area contributed by atoms with Gasteiger partial charge in [-0.3, -0.25) is 0 Å². The van der Waals surface area contributed by atoms with E-state index in [4.69, 9.17) is 4.42 Å². The normalized spacial score (nSPS) is 11.9. The highest BCUT2D eigenvalue weighted by molar-refractivity contribution is 6.13. The summed E-state index contributed by atoms with van der Waals surface area (Å²) >= 11 is 0. The predicted octanol–water partition coefficient (Wildman–Crippen LogP) is 16.1. The molecule has 10 aromatic carbocycles. The molecule has 0 aliphatic carbocycles. The molecule has 0 aliphatic heterocycles. The van der Waals surface area contributed by atoms with Crippen LogP contribution in [0.15, 0.2) is 229 Å². The number of hydrogen-bond donors (Lipinski definition) is 0. The predicted molar refractivity (Wildman–Crippen MR) is 260 cm³/mol. The Bertz CT molecular complexity index is 3820. The number of hydrogen-bond acceptors (Lipinski definition) is 2. The van der Waals surface area contributed by atoms with Crippen LogP contribution >= 0.6 is 0 Å². The van der Waals surface area contributed by atoms with Gasteiger partial charge in [-0.05, 0) is 96.1 Å². The summed E-state index contributed by atoms with van der Waals surface area (Å²) in [5, 5.41) is 9.53. The molecule has 0 saturated heterocycles. The second-order valence-electron chi connectivity index (χ2n) is 16.1. The molecule has 0 N–H and O–H groups in total. The Morgan fingerprint density at radius 1 is 0.306 bits per heavy atom.